The zero-order valence-corrected chi connectivity index (χ0v) is 17.2. The van der Waals surface area contributed by atoms with Gasteiger partial charge < -0.3 is 19.4 Å². The molecule has 0 aliphatic carbocycles. The summed E-state index contributed by atoms with van der Waals surface area (Å²) in [4.78, 5) is 30.8. The molecule has 3 rings (SSSR count). The normalized spacial score (nSPS) is 13.9. The molecule has 0 bridgehead atoms. The Kier molecular flexibility index (Phi) is 7.11. The number of hydrogen-bond donors (Lipinski definition) is 0. The molecule has 6 heteroatoms. The zero-order chi connectivity index (χ0) is 20.6. The highest BCUT2D eigenvalue weighted by molar-refractivity contribution is 5.94. The first-order valence-corrected chi connectivity index (χ1v) is 10.2. The molecule has 2 aromatic carbocycles. The molecule has 0 unspecified atom stereocenters. The predicted molar refractivity (Wildman–Crippen MR) is 113 cm³/mol. The van der Waals surface area contributed by atoms with E-state index in [9.17, 15) is 9.59 Å². The standard InChI is InChI=1S/C23H29N3O3/c1-3-24(4-2)23(28)26-15-13-25(14-16-26)22(27)20-11-8-12-21(17-20)29-18-19-9-6-5-7-10-19/h5-12,17H,3-4,13-16,18H2,1-2H3. The molecule has 1 saturated heterocycles. The number of amides is 3. The summed E-state index contributed by atoms with van der Waals surface area (Å²) < 4.78 is 5.84. The van der Waals surface area contributed by atoms with E-state index in [4.69, 9.17) is 4.74 Å². The van der Waals surface area contributed by atoms with Gasteiger partial charge in [0, 0.05) is 44.8 Å². The highest BCUT2D eigenvalue weighted by Crippen LogP contribution is 2.18. The van der Waals surface area contributed by atoms with Crippen LogP contribution in [-0.4, -0.2) is 65.9 Å². The van der Waals surface area contributed by atoms with Crippen molar-refractivity contribution in [2.45, 2.75) is 20.5 Å². The van der Waals surface area contributed by atoms with Crippen molar-refractivity contribution in [2.75, 3.05) is 39.3 Å². The van der Waals surface area contributed by atoms with Crippen LogP contribution in [0.25, 0.3) is 0 Å². The van der Waals surface area contributed by atoms with Crippen LogP contribution < -0.4 is 4.74 Å². The summed E-state index contributed by atoms with van der Waals surface area (Å²) in [6.45, 7) is 8.03. The molecule has 0 saturated carbocycles. The summed E-state index contributed by atoms with van der Waals surface area (Å²) in [5.74, 6) is 0.653. The van der Waals surface area contributed by atoms with Gasteiger partial charge in [0.2, 0.25) is 0 Å². The molecule has 1 fully saturated rings. The van der Waals surface area contributed by atoms with Crippen molar-refractivity contribution in [3.63, 3.8) is 0 Å². The van der Waals surface area contributed by atoms with Crippen LogP contribution in [0.5, 0.6) is 5.75 Å². The lowest BCUT2D eigenvalue weighted by molar-refractivity contribution is 0.0641. The number of piperazine rings is 1. The lowest BCUT2D eigenvalue weighted by Crippen LogP contribution is -2.54. The third-order valence-electron chi connectivity index (χ3n) is 5.20. The van der Waals surface area contributed by atoms with E-state index in [1.165, 1.54) is 0 Å². The van der Waals surface area contributed by atoms with Gasteiger partial charge in [-0.25, -0.2) is 4.79 Å². The molecule has 3 amide bonds. The number of hydrogen-bond acceptors (Lipinski definition) is 3. The van der Waals surface area contributed by atoms with Gasteiger partial charge in [-0.15, -0.1) is 0 Å². The van der Waals surface area contributed by atoms with Crippen LogP contribution in [0, 0.1) is 0 Å². The maximum Gasteiger partial charge on any atom is 0.320 e. The van der Waals surface area contributed by atoms with Gasteiger partial charge in [-0.05, 0) is 37.6 Å². The molecule has 0 spiro atoms. The number of benzene rings is 2. The minimum absolute atomic E-state index is 0.0231. The lowest BCUT2D eigenvalue weighted by Gasteiger charge is -2.37. The number of rotatable bonds is 6. The van der Waals surface area contributed by atoms with Crippen LogP contribution in [0.15, 0.2) is 54.6 Å². The number of carbonyl (C=O) groups is 2. The Labute approximate surface area is 172 Å². The van der Waals surface area contributed by atoms with Crippen molar-refractivity contribution in [1.29, 1.82) is 0 Å². The fourth-order valence-corrected chi connectivity index (χ4v) is 3.44. The van der Waals surface area contributed by atoms with Gasteiger partial charge in [-0.3, -0.25) is 4.79 Å². The molecule has 6 nitrogen and oxygen atoms in total. The second kappa shape index (κ2) is 9.96. The average Bonchev–Trinajstić information content (AvgIpc) is 2.79. The molecule has 1 aliphatic rings. The molecule has 0 aromatic heterocycles. The molecular formula is C23H29N3O3. The monoisotopic (exact) mass is 395 g/mol. The summed E-state index contributed by atoms with van der Waals surface area (Å²) in [7, 11) is 0. The average molecular weight is 396 g/mol. The van der Waals surface area contributed by atoms with Crippen molar-refractivity contribution in [3.05, 3.63) is 65.7 Å². The van der Waals surface area contributed by atoms with Crippen LogP contribution in [0.1, 0.15) is 29.8 Å². The van der Waals surface area contributed by atoms with Gasteiger partial charge in [-0.2, -0.15) is 0 Å². The van der Waals surface area contributed by atoms with E-state index < -0.39 is 0 Å². The Morgan fingerprint density at radius 2 is 1.55 bits per heavy atom. The first-order valence-electron chi connectivity index (χ1n) is 10.2. The first kappa shape index (κ1) is 20.7. The Bertz CT molecular complexity index is 813. The van der Waals surface area contributed by atoms with Gasteiger partial charge in [0.15, 0.2) is 0 Å². The van der Waals surface area contributed by atoms with Crippen molar-refractivity contribution in [2.24, 2.45) is 0 Å². The van der Waals surface area contributed by atoms with Crippen molar-refractivity contribution < 1.29 is 14.3 Å². The van der Waals surface area contributed by atoms with Gasteiger partial charge >= 0.3 is 6.03 Å². The van der Waals surface area contributed by atoms with Crippen LogP contribution in [0.3, 0.4) is 0 Å². The molecule has 1 aliphatic heterocycles. The number of urea groups is 1. The molecule has 2 aromatic rings. The number of ether oxygens (including phenoxy) is 1. The highest BCUT2D eigenvalue weighted by atomic mass is 16.5. The molecule has 29 heavy (non-hydrogen) atoms. The highest BCUT2D eigenvalue weighted by Gasteiger charge is 2.26. The summed E-state index contributed by atoms with van der Waals surface area (Å²) >= 11 is 0. The van der Waals surface area contributed by atoms with Crippen LogP contribution in [-0.2, 0) is 6.61 Å². The topological polar surface area (TPSA) is 53.1 Å². The molecule has 154 valence electrons. The van der Waals surface area contributed by atoms with E-state index in [1.807, 2.05) is 77.1 Å². The number of carbonyl (C=O) groups excluding carboxylic acids is 2. The molecule has 0 atom stereocenters. The Balaban J connectivity index is 1.56. The van der Waals surface area contributed by atoms with E-state index in [-0.39, 0.29) is 11.9 Å². The zero-order valence-electron chi connectivity index (χ0n) is 17.2. The first-order chi connectivity index (χ1) is 14.1. The number of nitrogens with zero attached hydrogens (tertiary/aromatic N) is 3. The van der Waals surface area contributed by atoms with E-state index in [0.717, 1.165) is 5.56 Å². The Hall–Kier alpha value is -3.02. The SMILES string of the molecule is CCN(CC)C(=O)N1CCN(C(=O)c2cccc(OCc3ccccc3)c2)CC1. The van der Waals surface area contributed by atoms with Gasteiger partial charge in [0.05, 0.1) is 0 Å². The molecular weight excluding hydrogens is 366 g/mol. The molecule has 0 radical (unpaired) electrons. The fourth-order valence-electron chi connectivity index (χ4n) is 3.44. The summed E-state index contributed by atoms with van der Waals surface area (Å²) in [5, 5.41) is 0. The maximum absolute atomic E-state index is 12.9. The summed E-state index contributed by atoms with van der Waals surface area (Å²) in [6.07, 6.45) is 0. The van der Waals surface area contributed by atoms with Crippen LogP contribution >= 0.6 is 0 Å². The Morgan fingerprint density at radius 1 is 0.897 bits per heavy atom. The third kappa shape index (κ3) is 5.28. The van der Waals surface area contributed by atoms with E-state index >= 15 is 0 Å². The maximum atomic E-state index is 12.9. The van der Waals surface area contributed by atoms with Crippen LogP contribution in [0.2, 0.25) is 0 Å². The van der Waals surface area contributed by atoms with E-state index in [2.05, 4.69) is 0 Å². The van der Waals surface area contributed by atoms with E-state index in [0.29, 0.717) is 57.2 Å². The van der Waals surface area contributed by atoms with Crippen LogP contribution in [0.4, 0.5) is 4.79 Å². The van der Waals surface area contributed by atoms with Crippen molar-refractivity contribution in [3.8, 4) is 5.75 Å². The van der Waals surface area contributed by atoms with Gasteiger partial charge in [0.1, 0.15) is 12.4 Å². The van der Waals surface area contributed by atoms with Gasteiger partial charge in [0.25, 0.3) is 5.91 Å². The summed E-state index contributed by atoms with van der Waals surface area (Å²) in [5.41, 5.74) is 1.69. The summed E-state index contributed by atoms with van der Waals surface area (Å²) in [6, 6.07) is 17.3. The minimum atomic E-state index is -0.0231. The fraction of sp³-hybridized carbons (Fsp3) is 0.391. The van der Waals surface area contributed by atoms with Crippen molar-refractivity contribution >= 4 is 11.9 Å². The second-order valence-electron chi connectivity index (χ2n) is 7.04. The molecule has 1 heterocycles. The largest absolute Gasteiger partial charge is 0.489 e. The minimum Gasteiger partial charge on any atom is -0.489 e. The van der Waals surface area contributed by atoms with Crippen molar-refractivity contribution in [1.82, 2.24) is 14.7 Å². The van der Waals surface area contributed by atoms with E-state index in [1.54, 1.807) is 6.07 Å². The lowest BCUT2D eigenvalue weighted by atomic mass is 10.1. The third-order valence-corrected chi connectivity index (χ3v) is 5.20. The molecule has 0 N–H and O–H groups in total. The second-order valence-corrected chi connectivity index (χ2v) is 7.04. The Morgan fingerprint density at radius 3 is 2.21 bits per heavy atom. The smallest absolute Gasteiger partial charge is 0.320 e. The quantitative estimate of drug-likeness (QED) is 0.752. The predicted octanol–water partition coefficient (Wildman–Crippen LogP) is 3.49. The van der Waals surface area contributed by atoms with Gasteiger partial charge in [-0.1, -0.05) is 36.4 Å².